The largest absolute Gasteiger partial charge is 0.404 e. The zero-order valence-electron chi connectivity index (χ0n) is 10.1. The first-order chi connectivity index (χ1) is 7.57. The van der Waals surface area contributed by atoms with Crippen LogP contribution in [0.25, 0.3) is 12.3 Å². The zero-order chi connectivity index (χ0) is 11.8. The van der Waals surface area contributed by atoms with E-state index in [0.29, 0.717) is 5.41 Å². The molecular formula is C14H20N2. The molecule has 1 aromatic rings. The molecule has 2 rings (SSSR count). The molecule has 1 heterocycles. The molecule has 86 valence electrons. The molecule has 1 aliphatic rings. The van der Waals surface area contributed by atoms with Gasteiger partial charge in [-0.05, 0) is 36.3 Å². The van der Waals surface area contributed by atoms with Crippen LogP contribution in [0.2, 0.25) is 0 Å². The minimum atomic E-state index is 0.387. The number of fused-ring (bicyclic) bond motifs is 1. The average Bonchev–Trinajstić information content (AvgIpc) is 2.54. The molecule has 3 N–H and O–H groups in total. The molecular weight excluding hydrogens is 196 g/mol. The predicted molar refractivity (Wildman–Crippen MR) is 69.2 cm³/mol. The Kier molecular flexibility index (Phi) is 2.66. The van der Waals surface area contributed by atoms with Gasteiger partial charge in [0.2, 0.25) is 0 Å². The van der Waals surface area contributed by atoms with Crippen LogP contribution < -0.4 is 16.3 Å². The lowest BCUT2D eigenvalue weighted by atomic mass is 9.76. The van der Waals surface area contributed by atoms with Crippen LogP contribution in [-0.2, 0) is 12.8 Å². The summed E-state index contributed by atoms with van der Waals surface area (Å²) in [6.45, 7) is 8.38. The van der Waals surface area contributed by atoms with Crippen LogP contribution in [0.4, 0.5) is 0 Å². The van der Waals surface area contributed by atoms with E-state index in [4.69, 9.17) is 5.73 Å². The number of aromatic nitrogens is 1. The second-order valence-electron chi connectivity index (χ2n) is 5.32. The number of allylic oxidation sites excluding steroid dienone is 1. The van der Waals surface area contributed by atoms with Crippen LogP contribution in [-0.4, -0.2) is 4.98 Å². The van der Waals surface area contributed by atoms with Gasteiger partial charge in [0.25, 0.3) is 0 Å². The molecule has 0 saturated carbocycles. The van der Waals surface area contributed by atoms with Gasteiger partial charge in [-0.25, -0.2) is 0 Å². The highest BCUT2D eigenvalue weighted by atomic mass is 14.7. The van der Waals surface area contributed by atoms with Crippen LogP contribution >= 0.6 is 0 Å². The van der Waals surface area contributed by atoms with Gasteiger partial charge in [-0.15, -0.1) is 0 Å². The van der Waals surface area contributed by atoms with E-state index in [1.807, 2.05) is 6.08 Å². The van der Waals surface area contributed by atoms with Gasteiger partial charge in [0.15, 0.2) is 0 Å². The van der Waals surface area contributed by atoms with E-state index in [1.165, 1.54) is 17.7 Å². The van der Waals surface area contributed by atoms with Gasteiger partial charge < -0.3 is 10.7 Å². The summed E-state index contributed by atoms with van der Waals surface area (Å²) in [5, 5.41) is 2.25. The van der Waals surface area contributed by atoms with Crippen molar-refractivity contribution in [3.63, 3.8) is 0 Å². The lowest BCUT2D eigenvalue weighted by Gasteiger charge is -2.29. The van der Waals surface area contributed by atoms with Gasteiger partial charge in [0, 0.05) is 22.5 Å². The first-order valence-electron chi connectivity index (χ1n) is 5.82. The summed E-state index contributed by atoms with van der Waals surface area (Å²) in [6, 6.07) is 0. The van der Waals surface area contributed by atoms with Crippen molar-refractivity contribution in [2.75, 3.05) is 0 Å². The number of hydrogen-bond donors (Lipinski definition) is 2. The quantitative estimate of drug-likeness (QED) is 0.727. The molecule has 0 amide bonds. The maximum Gasteiger partial charge on any atom is 0.0473 e. The summed E-state index contributed by atoms with van der Waals surface area (Å²) in [4.78, 5) is 3.45. The van der Waals surface area contributed by atoms with Gasteiger partial charge in [-0.1, -0.05) is 26.5 Å². The summed E-state index contributed by atoms with van der Waals surface area (Å²) < 4.78 is 0. The second-order valence-corrected chi connectivity index (χ2v) is 5.32. The van der Waals surface area contributed by atoms with Crippen LogP contribution in [0.1, 0.15) is 31.5 Å². The summed E-state index contributed by atoms with van der Waals surface area (Å²) in [5.74, 6) is 0. The van der Waals surface area contributed by atoms with E-state index in [-0.39, 0.29) is 0 Å². The zero-order valence-corrected chi connectivity index (χ0v) is 10.1. The van der Waals surface area contributed by atoms with E-state index >= 15 is 0 Å². The van der Waals surface area contributed by atoms with Crippen LogP contribution in [0.3, 0.4) is 0 Å². The predicted octanol–water partition coefficient (Wildman–Crippen LogP) is 1.19. The first-order valence-corrected chi connectivity index (χ1v) is 5.82. The monoisotopic (exact) mass is 216 g/mol. The van der Waals surface area contributed by atoms with Crippen LogP contribution in [0.5, 0.6) is 0 Å². The average molecular weight is 216 g/mol. The number of rotatable bonds is 1. The van der Waals surface area contributed by atoms with Gasteiger partial charge >= 0.3 is 0 Å². The number of aromatic amines is 1. The molecule has 2 heteroatoms. The van der Waals surface area contributed by atoms with E-state index in [9.17, 15) is 0 Å². The summed E-state index contributed by atoms with van der Waals surface area (Å²) in [6.07, 6.45) is 8.96. The summed E-state index contributed by atoms with van der Waals surface area (Å²) >= 11 is 0. The molecule has 0 atom stereocenters. The van der Waals surface area contributed by atoms with Crippen molar-refractivity contribution < 1.29 is 0 Å². The highest BCUT2D eigenvalue weighted by Crippen LogP contribution is 2.31. The highest BCUT2D eigenvalue weighted by molar-refractivity contribution is 5.41. The lowest BCUT2D eigenvalue weighted by molar-refractivity contribution is 0.313. The van der Waals surface area contributed by atoms with Crippen molar-refractivity contribution in [3.8, 4) is 0 Å². The van der Waals surface area contributed by atoms with Crippen molar-refractivity contribution in [2.45, 2.75) is 33.1 Å². The Balaban J connectivity index is 2.64. The molecule has 0 bridgehead atoms. The maximum absolute atomic E-state index is 5.74. The maximum atomic E-state index is 5.74. The van der Waals surface area contributed by atoms with Crippen molar-refractivity contribution in [3.05, 3.63) is 34.5 Å². The number of hydrogen-bond acceptors (Lipinski definition) is 1. The third-order valence-electron chi connectivity index (χ3n) is 3.42. The van der Waals surface area contributed by atoms with Gasteiger partial charge in [0.05, 0.1) is 0 Å². The standard InChI is InChI=1S/C14H20N2/c1-4-5-12-11(9-15)10-8-14(2,3)7-6-13(10)16-12/h4-5,9,16H,1,6-8,15H2,2-3H3/b11-9-,12-5+. The number of H-pyrrole nitrogens is 1. The van der Waals surface area contributed by atoms with E-state index in [2.05, 4.69) is 25.4 Å². The summed E-state index contributed by atoms with van der Waals surface area (Å²) in [5.41, 5.74) is 8.87. The Morgan fingerprint density at radius 3 is 2.81 bits per heavy atom. The van der Waals surface area contributed by atoms with Crippen molar-refractivity contribution in [1.82, 2.24) is 4.98 Å². The molecule has 16 heavy (non-hydrogen) atoms. The minimum Gasteiger partial charge on any atom is -0.404 e. The Hall–Kier alpha value is -1.44. The van der Waals surface area contributed by atoms with Gasteiger partial charge in [-0.3, -0.25) is 0 Å². The van der Waals surface area contributed by atoms with Crippen molar-refractivity contribution in [2.24, 2.45) is 11.1 Å². The molecule has 0 spiro atoms. The molecule has 0 unspecified atom stereocenters. The van der Waals surface area contributed by atoms with Gasteiger partial charge in [0.1, 0.15) is 0 Å². The molecule has 2 nitrogen and oxygen atoms in total. The topological polar surface area (TPSA) is 41.8 Å². The fourth-order valence-electron chi connectivity index (χ4n) is 2.52. The number of nitrogens with two attached hydrogens (primary N) is 1. The number of nitrogens with one attached hydrogen (secondary N) is 1. The molecule has 0 aliphatic heterocycles. The Morgan fingerprint density at radius 2 is 2.19 bits per heavy atom. The smallest absolute Gasteiger partial charge is 0.0473 e. The Morgan fingerprint density at radius 1 is 1.44 bits per heavy atom. The highest BCUT2D eigenvalue weighted by Gasteiger charge is 2.26. The third-order valence-corrected chi connectivity index (χ3v) is 3.42. The van der Waals surface area contributed by atoms with E-state index in [1.54, 1.807) is 12.3 Å². The number of aryl methyl sites for hydroxylation is 1. The van der Waals surface area contributed by atoms with Crippen LogP contribution in [0.15, 0.2) is 12.7 Å². The fourth-order valence-corrected chi connectivity index (χ4v) is 2.52. The van der Waals surface area contributed by atoms with E-state index < -0.39 is 0 Å². The minimum absolute atomic E-state index is 0.387. The second kappa shape index (κ2) is 3.85. The molecule has 0 radical (unpaired) electrons. The van der Waals surface area contributed by atoms with E-state index in [0.717, 1.165) is 23.4 Å². The third kappa shape index (κ3) is 1.80. The molecule has 0 aromatic carbocycles. The summed E-state index contributed by atoms with van der Waals surface area (Å²) in [7, 11) is 0. The lowest BCUT2D eigenvalue weighted by Crippen LogP contribution is -2.30. The first kappa shape index (κ1) is 11.1. The molecule has 0 fully saturated rings. The van der Waals surface area contributed by atoms with Gasteiger partial charge in [-0.2, -0.15) is 0 Å². The Bertz CT molecular complexity index is 518. The molecule has 1 aliphatic carbocycles. The van der Waals surface area contributed by atoms with Crippen molar-refractivity contribution in [1.29, 1.82) is 0 Å². The SMILES string of the molecule is C=C/C=c1/[nH]c2c(/c1=C/N)CC(C)(C)CC2. The van der Waals surface area contributed by atoms with Crippen molar-refractivity contribution >= 4 is 12.3 Å². The molecule has 0 saturated heterocycles. The Labute approximate surface area is 96.6 Å². The fraction of sp³-hybridized carbons (Fsp3) is 0.429. The normalized spacial score (nSPS) is 20.9. The molecule has 1 aromatic heterocycles. The van der Waals surface area contributed by atoms with Crippen LogP contribution in [0, 0.1) is 5.41 Å².